The summed E-state index contributed by atoms with van der Waals surface area (Å²) in [7, 11) is -4.75. The predicted molar refractivity (Wildman–Crippen MR) is 270 cm³/mol. The molecule has 59 heavy (non-hydrogen) atoms. The van der Waals surface area contributed by atoms with Crippen molar-refractivity contribution in [1.29, 1.82) is 0 Å². The average Bonchev–Trinajstić information content (AvgIpc) is 3.22. The van der Waals surface area contributed by atoms with Gasteiger partial charge in [-0.3, -0.25) is 0 Å². The number of allylic oxidation sites excluding steroid dienone is 2. The van der Waals surface area contributed by atoms with Gasteiger partial charge in [0.1, 0.15) is 0 Å². The Balaban J connectivity index is 0. The monoisotopic (exact) mass is 854 g/mol. The van der Waals surface area contributed by atoms with Gasteiger partial charge < -0.3 is 5.73 Å². The summed E-state index contributed by atoms with van der Waals surface area (Å²) < 4.78 is 0. The van der Waals surface area contributed by atoms with Crippen molar-refractivity contribution in [3.05, 3.63) is 23.8 Å². The van der Waals surface area contributed by atoms with Crippen LogP contribution in [0.4, 0.5) is 0 Å². The van der Waals surface area contributed by atoms with Crippen LogP contribution >= 0.6 is 7.28 Å². The fourth-order valence-electron chi connectivity index (χ4n) is 8.21. The van der Waals surface area contributed by atoms with E-state index in [9.17, 15) is 14.7 Å². The molecule has 0 spiro atoms. The minimum atomic E-state index is -4.75. The van der Waals surface area contributed by atoms with Crippen molar-refractivity contribution in [2.75, 3.05) is 6.54 Å². The summed E-state index contributed by atoms with van der Waals surface area (Å²) in [5.41, 5.74) is 5.48. The molecule has 0 radical (unpaired) electrons. The summed E-state index contributed by atoms with van der Waals surface area (Å²) in [5.74, 6) is 2.52. The Morgan fingerprint density at radius 2 is 0.441 bits per heavy atom. The average molecular weight is 854 g/mol. The van der Waals surface area contributed by atoms with E-state index in [1.807, 2.05) is 0 Å². The third kappa shape index (κ3) is 57.8. The van der Waals surface area contributed by atoms with Crippen LogP contribution < -0.4 is 5.73 Å². The maximum atomic E-state index is 10.3. The fraction of sp³-hybridized carbons (Fsp3) is 0.926. The van der Waals surface area contributed by atoms with E-state index in [1.54, 1.807) is 12.2 Å². The van der Waals surface area contributed by atoms with Crippen molar-refractivity contribution in [2.24, 2.45) is 5.73 Å². The second-order valence-electron chi connectivity index (χ2n) is 18.7. The Kier molecular flexibility index (Phi) is 52.0. The number of rotatable bonds is 48. The van der Waals surface area contributed by atoms with Crippen LogP contribution in [-0.4, -0.2) is 21.2 Å². The fourth-order valence-corrected chi connectivity index (χ4v) is 9.42. The Morgan fingerprint density at radius 3 is 0.627 bits per heavy atom. The second-order valence-corrected chi connectivity index (χ2v) is 21.6. The molecule has 0 atom stereocenters. The van der Waals surface area contributed by atoms with Crippen molar-refractivity contribution in [2.45, 2.75) is 316 Å². The third-order valence-corrected chi connectivity index (χ3v) is 13.9. The van der Waals surface area contributed by atoms with Crippen LogP contribution in [0, 0.1) is 0 Å². The second kappa shape index (κ2) is 50.4. The zero-order valence-corrected chi connectivity index (χ0v) is 41.8. The zero-order chi connectivity index (χ0) is 43.5. The van der Waals surface area contributed by atoms with E-state index in [0.717, 1.165) is 32.2 Å². The minimum absolute atomic E-state index is 0.796. The molecule has 0 bridgehead atoms. The third-order valence-electron chi connectivity index (χ3n) is 12.3. The van der Waals surface area contributed by atoms with Crippen LogP contribution in [0.2, 0.25) is 0 Å². The molecule has 0 aliphatic carbocycles. The molecule has 0 saturated carbocycles. The van der Waals surface area contributed by atoms with E-state index >= 15 is 0 Å². The molecule has 0 saturated heterocycles. The van der Waals surface area contributed by atoms with E-state index in [2.05, 4.69) is 20.8 Å². The molecule has 0 aliphatic heterocycles. The van der Waals surface area contributed by atoms with Gasteiger partial charge in [-0.15, -0.1) is 0 Å². The van der Waals surface area contributed by atoms with E-state index in [1.165, 1.54) is 281 Å². The first-order valence-electron chi connectivity index (χ1n) is 27.1. The van der Waals surface area contributed by atoms with E-state index < -0.39 is 7.28 Å². The molecule has 356 valence electrons. The van der Waals surface area contributed by atoms with Gasteiger partial charge >= 0.3 is 174 Å². The molecule has 5 N–H and O–H groups in total. The van der Waals surface area contributed by atoms with Crippen LogP contribution in [0.3, 0.4) is 0 Å². The first kappa shape index (κ1) is 60.8. The summed E-state index contributed by atoms with van der Waals surface area (Å²) in [4.78, 5) is 30.8. The van der Waals surface area contributed by atoms with Gasteiger partial charge in [-0.1, -0.05) is 181 Å². The summed E-state index contributed by atoms with van der Waals surface area (Å²) >= 11 is 0. The minimum Gasteiger partial charge on any atom is -0.330 e. The number of hydrogen-bond acceptors (Lipinski definition) is 4. The molecule has 0 aromatic rings. The van der Waals surface area contributed by atoms with Gasteiger partial charge in [-0.05, 0) is 13.0 Å². The number of nitrogens with two attached hydrogens (primary N) is 1. The molecule has 5 heteroatoms. The van der Waals surface area contributed by atoms with Gasteiger partial charge in [-0.25, -0.2) is 0 Å². The molecule has 0 heterocycles. The molecular formula is C54H112NO3P. The van der Waals surface area contributed by atoms with Crippen molar-refractivity contribution >= 4 is 7.28 Å². The molecule has 4 nitrogen and oxygen atoms in total. The summed E-state index contributed by atoms with van der Waals surface area (Å²) in [6.45, 7) is 7.71. The molecule has 0 fully saturated rings. The normalized spacial score (nSPS) is 12.7. The van der Waals surface area contributed by atoms with E-state index in [4.69, 9.17) is 5.73 Å². The van der Waals surface area contributed by atoms with E-state index in [0.29, 0.717) is 0 Å². The Labute approximate surface area is 372 Å². The molecule has 0 rings (SSSR count). The molecule has 0 aliphatic rings. The van der Waals surface area contributed by atoms with Crippen LogP contribution in [0.15, 0.2) is 23.8 Å². The van der Waals surface area contributed by atoms with Crippen LogP contribution in [0.1, 0.15) is 316 Å². The molecular weight excluding hydrogens is 742 g/mol. The summed E-state index contributed by atoms with van der Waals surface area (Å²) in [5, 5.41) is 0. The molecule has 0 unspecified atom stereocenters. The summed E-state index contributed by atoms with van der Waals surface area (Å²) in [6, 6.07) is 0. The Hall–Kier alpha value is -0.250. The van der Waals surface area contributed by atoms with Gasteiger partial charge in [0.15, 0.2) is 0 Å². The van der Waals surface area contributed by atoms with Gasteiger partial charge in [0, 0.05) is 0 Å². The van der Waals surface area contributed by atoms with Crippen molar-refractivity contribution in [3.63, 3.8) is 0 Å². The maximum absolute atomic E-state index is 10.3. The first-order chi connectivity index (χ1) is 28.8. The zero-order valence-electron chi connectivity index (χ0n) is 40.9. The predicted octanol–water partition coefficient (Wildman–Crippen LogP) is 19.2. The quantitative estimate of drug-likeness (QED) is 0.0363. The van der Waals surface area contributed by atoms with Gasteiger partial charge in [-0.2, -0.15) is 0 Å². The standard InChI is InChI=1S/C36H73O3P.C18H39N/c1-3-5-7-9-11-13-15-17-19-21-23-25-27-29-31-33-35-40(37,38,39)36-34-32-30-28-26-24-22-20-18-16-14-12-10-8-6-4-2;1-2-3-4-5-6-7-8-9-10-11-12-13-14-15-16-17-18-19/h33-39H,3-32H2,1-2H3;2-19H2,1H3. The smallest absolute Gasteiger partial charge is 0.330 e. The van der Waals surface area contributed by atoms with Gasteiger partial charge in [0.25, 0.3) is 0 Å². The van der Waals surface area contributed by atoms with Crippen LogP contribution in [0.25, 0.3) is 0 Å². The number of hydrogen-bond donors (Lipinski definition) is 4. The molecule has 0 amide bonds. The van der Waals surface area contributed by atoms with Gasteiger partial charge in [0.2, 0.25) is 0 Å². The molecule has 0 aromatic carbocycles. The molecule has 0 aromatic heterocycles. The topological polar surface area (TPSA) is 86.7 Å². The van der Waals surface area contributed by atoms with E-state index in [-0.39, 0.29) is 0 Å². The van der Waals surface area contributed by atoms with Crippen LogP contribution in [-0.2, 0) is 0 Å². The summed E-state index contributed by atoms with van der Waals surface area (Å²) in [6.07, 6.45) is 65.3. The van der Waals surface area contributed by atoms with Crippen molar-refractivity contribution < 1.29 is 14.7 Å². The Bertz CT molecular complexity index is 760. The van der Waals surface area contributed by atoms with Crippen molar-refractivity contribution in [1.82, 2.24) is 0 Å². The first-order valence-corrected chi connectivity index (χ1v) is 29.4. The van der Waals surface area contributed by atoms with Gasteiger partial charge in [0.05, 0.1) is 0 Å². The number of unbranched alkanes of at least 4 members (excludes halogenated alkanes) is 43. The van der Waals surface area contributed by atoms with Crippen LogP contribution in [0.5, 0.6) is 0 Å². The SMILES string of the molecule is CCCCCCCCCCCCCCCCC=CP(O)(O)(O)C=CCCCCCCCCCCCCCCCC.CCCCCCCCCCCCCCCCCCN. The Morgan fingerprint density at radius 1 is 0.271 bits per heavy atom. The van der Waals surface area contributed by atoms with Crippen molar-refractivity contribution in [3.8, 4) is 0 Å².